The van der Waals surface area contributed by atoms with Crippen molar-refractivity contribution in [1.82, 2.24) is 5.32 Å². The summed E-state index contributed by atoms with van der Waals surface area (Å²) in [7, 11) is 1.48. The number of nitrogens with one attached hydrogen (secondary N) is 1. The first kappa shape index (κ1) is 17.4. The van der Waals surface area contributed by atoms with Gasteiger partial charge in [0.05, 0.1) is 38.8 Å². The molecule has 0 saturated carbocycles. The predicted molar refractivity (Wildman–Crippen MR) is 84.7 cm³/mol. The molecule has 1 saturated heterocycles. The van der Waals surface area contributed by atoms with E-state index in [4.69, 9.17) is 14.2 Å². The van der Waals surface area contributed by atoms with Crippen molar-refractivity contribution in [2.24, 2.45) is 5.92 Å². The topological polar surface area (TPSA) is 90.9 Å². The van der Waals surface area contributed by atoms with Gasteiger partial charge in [-0.1, -0.05) is 0 Å². The fraction of sp³-hybridized carbons (Fsp3) is 0.533. The van der Waals surface area contributed by atoms with E-state index in [-0.39, 0.29) is 24.0 Å². The molecule has 1 atom stereocenters. The quantitative estimate of drug-likeness (QED) is 0.820. The van der Waals surface area contributed by atoms with Crippen molar-refractivity contribution < 1.29 is 27.4 Å². The standard InChI is InChI=1S/C15H21NO6S/c1-20-12-6-10(7-13(21-2)14(12)22-3)8-16-15(17)11-4-5-23(18,19)9-11/h6-7,11H,4-5,8-9H2,1-3H3,(H,16,17)/t11-/m1/s1. The van der Waals surface area contributed by atoms with Gasteiger partial charge in [-0.05, 0) is 24.1 Å². The Labute approximate surface area is 135 Å². The third kappa shape index (κ3) is 4.07. The summed E-state index contributed by atoms with van der Waals surface area (Å²) in [5.74, 6) is 0.761. The maximum atomic E-state index is 12.1. The number of carbonyl (C=O) groups is 1. The van der Waals surface area contributed by atoms with Crippen LogP contribution in [0.15, 0.2) is 12.1 Å². The molecule has 1 aromatic rings. The van der Waals surface area contributed by atoms with E-state index >= 15 is 0 Å². The Morgan fingerprint density at radius 2 is 1.78 bits per heavy atom. The van der Waals surface area contributed by atoms with Crippen LogP contribution >= 0.6 is 0 Å². The summed E-state index contributed by atoms with van der Waals surface area (Å²) in [5, 5.41) is 2.76. The Hall–Kier alpha value is -1.96. The largest absolute Gasteiger partial charge is 0.493 e. The molecule has 0 bridgehead atoms. The Morgan fingerprint density at radius 3 is 2.22 bits per heavy atom. The normalized spacial score (nSPS) is 19.2. The Morgan fingerprint density at radius 1 is 1.17 bits per heavy atom. The molecule has 2 rings (SSSR count). The third-order valence-electron chi connectivity index (χ3n) is 3.79. The van der Waals surface area contributed by atoms with Gasteiger partial charge in [0.25, 0.3) is 0 Å². The van der Waals surface area contributed by atoms with Crippen LogP contribution in [-0.2, 0) is 21.2 Å². The molecule has 7 nitrogen and oxygen atoms in total. The molecule has 1 aliphatic heterocycles. The Balaban J connectivity index is 2.07. The van der Waals surface area contributed by atoms with Gasteiger partial charge in [-0.15, -0.1) is 0 Å². The predicted octanol–water partition coefficient (Wildman–Crippen LogP) is 0.763. The molecule has 23 heavy (non-hydrogen) atoms. The van der Waals surface area contributed by atoms with Crippen LogP contribution in [0.1, 0.15) is 12.0 Å². The molecular weight excluding hydrogens is 322 g/mol. The lowest BCUT2D eigenvalue weighted by Gasteiger charge is -2.15. The van der Waals surface area contributed by atoms with Gasteiger partial charge >= 0.3 is 0 Å². The SMILES string of the molecule is COc1cc(CNC(=O)[C@@H]2CCS(=O)(=O)C2)cc(OC)c1OC. The van der Waals surface area contributed by atoms with Crippen LogP contribution in [0, 0.1) is 5.92 Å². The van der Waals surface area contributed by atoms with Gasteiger partial charge in [-0.25, -0.2) is 8.42 Å². The van der Waals surface area contributed by atoms with Gasteiger partial charge in [0, 0.05) is 6.54 Å². The smallest absolute Gasteiger partial charge is 0.224 e. The molecule has 1 N–H and O–H groups in total. The number of hydrogen-bond acceptors (Lipinski definition) is 6. The second-order valence-electron chi connectivity index (χ2n) is 5.35. The number of rotatable bonds is 6. The van der Waals surface area contributed by atoms with Crippen LogP contribution in [0.2, 0.25) is 0 Å². The molecule has 0 radical (unpaired) electrons. The van der Waals surface area contributed by atoms with Crippen molar-refractivity contribution in [2.75, 3.05) is 32.8 Å². The number of ether oxygens (including phenoxy) is 3. The molecule has 1 aliphatic rings. The van der Waals surface area contributed by atoms with E-state index in [9.17, 15) is 13.2 Å². The van der Waals surface area contributed by atoms with Gasteiger partial charge in [-0.2, -0.15) is 0 Å². The van der Waals surface area contributed by atoms with Crippen LogP contribution in [0.5, 0.6) is 17.2 Å². The lowest BCUT2D eigenvalue weighted by Crippen LogP contribution is -2.30. The van der Waals surface area contributed by atoms with Gasteiger partial charge in [0.15, 0.2) is 21.3 Å². The zero-order valence-electron chi connectivity index (χ0n) is 13.4. The highest BCUT2D eigenvalue weighted by Crippen LogP contribution is 2.38. The van der Waals surface area contributed by atoms with Crippen molar-refractivity contribution in [2.45, 2.75) is 13.0 Å². The Kier molecular flexibility index (Phi) is 5.35. The van der Waals surface area contributed by atoms with E-state index in [1.807, 2.05) is 0 Å². The summed E-state index contributed by atoms with van der Waals surface area (Å²) in [5.41, 5.74) is 0.772. The number of amides is 1. The monoisotopic (exact) mass is 343 g/mol. The van der Waals surface area contributed by atoms with Gasteiger partial charge < -0.3 is 19.5 Å². The Bertz CT molecular complexity index is 660. The molecule has 1 aromatic carbocycles. The molecular formula is C15H21NO6S. The number of sulfone groups is 1. The molecule has 1 amide bonds. The minimum absolute atomic E-state index is 0.0753. The fourth-order valence-corrected chi connectivity index (χ4v) is 4.31. The lowest BCUT2D eigenvalue weighted by molar-refractivity contribution is -0.124. The zero-order valence-corrected chi connectivity index (χ0v) is 14.2. The number of methoxy groups -OCH3 is 3. The average molecular weight is 343 g/mol. The van der Waals surface area contributed by atoms with Crippen LogP contribution in [0.4, 0.5) is 0 Å². The van der Waals surface area contributed by atoms with Crippen molar-refractivity contribution in [1.29, 1.82) is 0 Å². The van der Waals surface area contributed by atoms with Crippen molar-refractivity contribution in [3.05, 3.63) is 17.7 Å². The van der Waals surface area contributed by atoms with Crippen molar-refractivity contribution in [3.8, 4) is 17.2 Å². The van der Waals surface area contributed by atoms with E-state index in [1.165, 1.54) is 21.3 Å². The molecule has 8 heteroatoms. The molecule has 1 heterocycles. The van der Waals surface area contributed by atoms with E-state index in [0.29, 0.717) is 23.7 Å². The van der Waals surface area contributed by atoms with Crippen molar-refractivity contribution >= 4 is 15.7 Å². The highest BCUT2D eigenvalue weighted by atomic mass is 32.2. The van der Waals surface area contributed by atoms with Gasteiger partial charge in [0.2, 0.25) is 11.7 Å². The molecule has 128 valence electrons. The van der Waals surface area contributed by atoms with E-state index in [0.717, 1.165) is 5.56 Å². The number of hydrogen-bond donors (Lipinski definition) is 1. The summed E-state index contributed by atoms with van der Waals surface area (Å²) >= 11 is 0. The van der Waals surface area contributed by atoms with E-state index < -0.39 is 15.8 Å². The molecule has 0 aliphatic carbocycles. The first-order valence-electron chi connectivity index (χ1n) is 7.17. The lowest BCUT2D eigenvalue weighted by atomic mass is 10.1. The number of carbonyl (C=O) groups excluding carboxylic acids is 1. The minimum atomic E-state index is -3.07. The second kappa shape index (κ2) is 7.08. The fourth-order valence-electron chi connectivity index (χ4n) is 2.57. The summed E-state index contributed by atoms with van der Waals surface area (Å²) in [6, 6.07) is 3.49. The van der Waals surface area contributed by atoms with Crippen LogP contribution < -0.4 is 19.5 Å². The first-order chi connectivity index (χ1) is 10.9. The summed E-state index contributed by atoms with van der Waals surface area (Å²) in [4.78, 5) is 12.1. The highest BCUT2D eigenvalue weighted by molar-refractivity contribution is 7.91. The van der Waals surface area contributed by atoms with Crippen LogP contribution in [0.3, 0.4) is 0 Å². The molecule has 1 fully saturated rings. The van der Waals surface area contributed by atoms with E-state index in [2.05, 4.69) is 5.32 Å². The van der Waals surface area contributed by atoms with Gasteiger partial charge in [0.1, 0.15) is 0 Å². The second-order valence-corrected chi connectivity index (χ2v) is 7.58. The summed E-state index contributed by atoms with van der Waals surface area (Å²) < 4.78 is 38.6. The molecule has 0 aromatic heterocycles. The summed E-state index contributed by atoms with van der Waals surface area (Å²) in [6.07, 6.45) is 0.378. The molecule has 0 unspecified atom stereocenters. The third-order valence-corrected chi connectivity index (χ3v) is 5.56. The highest BCUT2D eigenvalue weighted by Gasteiger charge is 2.32. The number of benzene rings is 1. The molecule has 0 spiro atoms. The average Bonchev–Trinajstić information content (AvgIpc) is 2.91. The maximum Gasteiger partial charge on any atom is 0.224 e. The van der Waals surface area contributed by atoms with E-state index in [1.54, 1.807) is 12.1 Å². The van der Waals surface area contributed by atoms with Gasteiger partial charge in [-0.3, -0.25) is 4.79 Å². The zero-order chi connectivity index (χ0) is 17.0. The van der Waals surface area contributed by atoms with Crippen LogP contribution in [0.25, 0.3) is 0 Å². The maximum absolute atomic E-state index is 12.1. The minimum Gasteiger partial charge on any atom is -0.493 e. The summed E-state index contributed by atoms with van der Waals surface area (Å²) in [6.45, 7) is 0.256. The first-order valence-corrected chi connectivity index (χ1v) is 8.99. The van der Waals surface area contributed by atoms with Crippen molar-refractivity contribution in [3.63, 3.8) is 0 Å². The van der Waals surface area contributed by atoms with Crippen LogP contribution in [-0.4, -0.2) is 47.2 Å².